The Hall–Kier alpha value is -3.11. The largest absolute Gasteiger partial charge is 0.492 e. The first kappa shape index (κ1) is 24.0. The fourth-order valence-electron chi connectivity index (χ4n) is 4.54. The maximum absolute atomic E-state index is 13.7. The maximum atomic E-state index is 13.7. The number of hydrogen-bond acceptors (Lipinski definition) is 9. The highest BCUT2D eigenvalue weighted by atomic mass is 16.8. The van der Waals surface area contributed by atoms with E-state index in [4.69, 9.17) is 28.4 Å². The average molecular weight is 475 g/mol. The summed E-state index contributed by atoms with van der Waals surface area (Å²) < 4.78 is 34.0. The van der Waals surface area contributed by atoms with E-state index in [0.29, 0.717) is 24.6 Å². The summed E-state index contributed by atoms with van der Waals surface area (Å²) in [5, 5.41) is 0. The van der Waals surface area contributed by atoms with Gasteiger partial charge < -0.3 is 33.3 Å². The maximum Gasteiger partial charge on any atom is 0.303 e. The van der Waals surface area contributed by atoms with Crippen LogP contribution in [-0.2, 0) is 23.8 Å². The zero-order valence-corrected chi connectivity index (χ0v) is 20.1. The van der Waals surface area contributed by atoms with Gasteiger partial charge in [0.1, 0.15) is 6.10 Å². The first-order chi connectivity index (χ1) is 16.1. The van der Waals surface area contributed by atoms with Gasteiger partial charge in [0.15, 0.2) is 35.3 Å². The Morgan fingerprint density at radius 3 is 2.50 bits per heavy atom. The summed E-state index contributed by atoms with van der Waals surface area (Å²) in [4.78, 5) is 40.7. The number of carbonyl (C=O) groups is 3. The fraction of sp³-hybridized carbons (Fsp3) is 0.542. The first-order valence-electron chi connectivity index (χ1n) is 11.2. The van der Waals surface area contributed by atoms with Crippen LogP contribution in [0.1, 0.15) is 50.5 Å². The van der Waals surface area contributed by atoms with Gasteiger partial charge in [-0.2, -0.15) is 0 Å². The summed E-state index contributed by atoms with van der Waals surface area (Å²) in [5.41, 5.74) is 0.598. The van der Waals surface area contributed by atoms with E-state index in [-0.39, 0.29) is 35.1 Å². The van der Waals surface area contributed by atoms with Crippen molar-refractivity contribution in [2.75, 3.05) is 27.0 Å². The van der Waals surface area contributed by atoms with Crippen LogP contribution >= 0.6 is 0 Å². The van der Waals surface area contributed by atoms with Gasteiger partial charge in [0.2, 0.25) is 12.5 Å². The molecule has 1 aromatic rings. The number of ketones is 1. The quantitative estimate of drug-likeness (QED) is 0.573. The lowest BCUT2D eigenvalue weighted by Gasteiger charge is -2.30. The topological polar surface area (TPSA) is 110 Å². The summed E-state index contributed by atoms with van der Waals surface area (Å²) in [6.07, 6.45) is -1.23. The van der Waals surface area contributed by atoms with Gasteiger partial charge in [0.25, 0.3) is 5.91 Å². The molecule has 0 radical (unpaired) electrons. The number of nitrogens with zero attached hydrogens (tertiary/aromatic N) is 1. The molecule has 0 bridgehead atoms. The molecule has 2 heterocycles. The van der Waals surface area contributed by atoms with Crippen molar-refractivity contribution in [3.63, 3.8) is 0 Å². The van der Waals surface area contributed by atoms with Crippen LogP contribution in [0.25, 0.3) is 5.57 Å². The number of fused-ring (bicyclic) bond motifs is 2. The van der Waals surface area contributed by atoms with Crippen molar-refractivity contribution in [2.45, 2.75) is 58.7 Å². The monoisotopic (exact) mass is 475 g/mol. The molecule has 3 atom stereocenters. The number of hydrogen-bond donors (Lipinski definition) is 0. The van der Waals surface area contributed by atoms with Crippen molar-refractivity contribution in [3.8, 4) is 17.2 Å². The summed E-state index contributed by atoms with van der Waals surface area (Å²) >= 11 is 0. The van der Waals surface area contributed by atoms with Crippen molar-refractivity contribution < 1.29 is 42.8 Å². The lowest BCUT2D eigenvalue weighted by atomic mass is 9.84. The van der Waals surface area contributed by atoms with Gasteiger partial charge in [0, 0.05) is 31.1 Å². The summed E-state index contributed by atoms with van der Waals surface area (Å²) in [6, 6.07) is 1.58. The van der Waals surface area contributed by atoms with E-state index >= 15 is 0 Å². The van der Waals surface area contributed by atoms with E-state index in [2.05, 4.69) is 0 Å². The van der Waals surface area contributed by atoms with Crippen LogP contribution in [0.4, 0.5) is 0 Å². The van der Waals surface area contributed by atoms with Crippen LogP contribution in [0.3, 0.4) is 0 Å². The van der Waals surface area contributed by atoms with Gasteiger partial charge in [-0.05, 0) is 39.8 Å². The number of rotatable bonds is 6. The third-order valence-corrected chi connectivity index (χ3v) is 5.99. The SMILES string of the molecule is CCN(CC)C(=O)c1c(C2=C[C@H](OC(C)=O)[C@H]3OC(C)(C)O[C@H]3C2=O)cc2c(c1OC)OCO2. The highest BCUT2D eigenvalue weighted by molar-refractivity contribution is 6.26. The number of esters is 1. The minimum Gasteiger partial charge on any atom is -0.492 e. The number of ether oxygens (including phenoxy) is 6. The molecule has 1 saturated heterocycles. The lowest BCUT2D eigenvalue weighted by Crippen LogP contribution is -2.45. The second-order valence-electron chi connectivity index (χ2n) is 8.58. The molecule has 0 saturated carbocycles. The standard InChI is InChI=1S/C24H29NO9/c1-7-25(8-2)23(28)17-13(9-15-19(21(17)29-6)31-11-30-15)14-10-16(32-12(3)26)20-22(18(14)27)34-24(4,5)33-20/h9-10,16,20,22H,7-8,11H2,1-6H3/t16-,20+,22-/m0/s1. The Bertz CT molecular complexity index is 1060. The number of Topliss-reactive ketones (excluding diaryl/α,β-unsaturated/α-hetero) is 1. The van der Waals surface area contributed by atoms with Crippen molar-refractivity contribution in [1.82, 2.24) is 4.90 Å². The third-order valence-electron chi connectivity index (χ3n) is 5.99. The summed E-state index contributed by atoms with van der Waals surface area (Å²) in [6.45, 7) is 9.21. The molecule has 4 rings (SSSR count). The molecule has 3 aliphatic rings. The molecule has 10 heteroatoms. The van der Waals surface area contributed by atoms with E-state index in [9.17, 15) is 14.4 Å². The van der Waals surface area contributed by atoms with Crippen LogP contribution < -0.4 is 14.2 Å². The van der Waals surface area contributed by atoms with Gasteiger partial charge in [-0.1, -0.05) is 0 Å². The number of benzene rings is 1. The van der Waals surface area contributed by atoms with E-state index in [1.807, 2.05) is 13.8 Å². The minimum absolute atomic E-state index is 0.0487. The predicted octanol–water partition coefficient (Wildman–Crippen LogP) is 2.32. The molecule has 184 valence electrons. The molecule has 2 aliphatic heterocycles. The molecule has 1 amide bonds. The smallest absolute Gasteiger partial charge is 0.303 e. The van der Waals surface area contributed by atoms with Crippen molar-refractivity contribution in [2.24, 2.45) is 0 Å². The average Bonchev–Trinajstić information content (AvgIpc) is 3.38. The zero-order valence-electron chi connectivity index (χ0n) is 20.1. The van der Waals surface area contributed by atoms with Gasteiger partial charge in [-0.25, -0.2) is 0 Å². The molecular formula is C24H29NO9. The molecule has 1 aliphatic carbocycles. The minimum atomic E-state index is -1.06. The van der Waals surface area contributed by atoms with Gasteiger partial charge in [-0.15, -0.1) is 0 Å². The number of methoxy groups -OCH3 is 1. The second kappa shape index (κ2) is 8.92. The van der Waals surface area contributed by atoms with Crippen LogP contribution in [0.5, 0.6) is 17.2 Å². The van der Waals surface area contributed by atoms with Crippen molar-refractivity contribution in [3.05, 3.63) is 23.3 Å². The molecule has 1 aromatic carbocycles. The second-order valence-corrected chi connectivity index (χ2v) is 8.58. The highest BCUT2D eigenvalue weighted by Gasteiger charge is 2.53. The Kier molecular flexibility index (Phi) is 6.30. The lowest BCUT2D eigenvalue weighted by molar-refractivity contribution is -0.165. The van der Waals surface area contributed by atoms with Crippen molar-refractivity contribution >= 4 is 23.2 Å². The molecule has 10 nitrogen and oxygen atoms in total. The normalized spacial score (nSPS) is 24.4. The highest BCUT2D eigenvalue weighted by Crippen LogP contribution is 2.48. The van der Waals surface area contributed by atoms with Crippen LogP contribution in [0.2, 0.25) is 0 Å². The van der Waals surface area contributed by atoms with Gasteiger partial charge >= 0.3 is 5.97 Å². The summed E-state index contributed by atoms with van der Waals surface area (Å²) in [7, 11) is 1.42. The van der Waals surface area contributed by atoms with E-state index < -0.39 is 35.9 Å². The zero-order chi connectivity index (χ0) is 24.8. The number of carbonyl (C=O) groups excluding carboxylic acids is 3. The Balaban J connectivity index is 1.93. The van der Waals surface area contributed by atoms with E-state index in [1.54, 1.807) is 24.8 Å². The van der Waals surface area contributed by atoms with Crippen LogP contribution in [0, 0.1) is 0 Å². The van der Waals surface area contributed by atoms with E-state index in [0.717, 1.165) is 0 Å². The molecule has 0 unspecified atom stereocenters. The van der Waals surface area contributed by atoms with Crippen LogP contribution in [0.15, 0.2) is 12.1 Å². The van der Waals surface area contributed by atoms with E-state index in [1.165, 1.54) is 20.1 Å². The first-order valence-corrected chi connectivity index (χ1v) is 11.2. The number of amides is 1. The van der Waals surface area contributed by atoms with Gasteiger partial charge in [0.05, 0.1) is 12.7 Å². The summed E-state index contributed by atoms with van der Waals surface area (Å²) in [5.74, 6) is -1.52. The van der Waals surface area contributed by atoms with Gasteiger partial charge in [-0.3, -0.25) is 14.4 Å². The molecule has 0 N–H and O–H groups in total. The third kappa shape index (κ3) is 4.01. The molecular weight excluding hydrogens is 446 g/mol. The molecule has 0 aromatic heterocycles. The molecule has 1 fully saturated rings. The van der Waals surface area contributed by atoms with Crippen LogP contribution in [-0.4, -0.2) is 73.7 Å². The Labute approximate surface area is 197 Å². The Morgan fingerprint density at radius 2 is 1.88 bits per heavy atom. The fourth-order valence-corrected chi connectivity index (χ4v) is 4.54. The Morgan fingerprint density at radius 1 is 1.18 bits per heavy atom. The molecule has 34 heavy (non-hydrogen) atoms. The molecule has 0 spiro atoms. The van der Waals surface area contributed by atoms with Crippen molar-refractivity contribution in [1.29, 1.82) is 0 Å². The predicted molar refractivity (Wildman–Crippen MR) is 119 cm³/mol.